The first-order valence-corrected chi connectivity index (χ1v) is 18.8. The molecule has 0 bridgehead atoms. The fourth-order valence-corrected chi connectivity index (χ4v) is 8.05. The molecule has 4 heterocycles. The van der Waals surface area contributed by atoms with E-state index in [9.17, 15) is 0 Å². The molecule has 57 heavy (non-hydrogen) atoms. The van der Waals surface area contributed by atoms with Crippen molar-refractivity contribution in [2.75, 3.05) is 0 Å². The first-order valence-electron chi connectivity index (χ1n) is 18.8. The van der Waals surface area contributed by atoms with Crippen molar-refractivity contribution in [1.82, 2.24) is 19.9 Å². The highest BCUT2D eigenvalue weighted by atomic mass is 16.4. The minimum atomic E-state index is 0.549. The second-order valence-corrected chi connectivity index (χ2v) is 14.2. The first kappa shape index (κ1) is 31.5. The van der Waals surface area contributed by atoms with Gasteiger partial charge in [-0.15, -0.1) is 0 Å². The molecule has 12 aromatic rings. The lowest BCUT2D eigenvalue weighted by Gasteiger charge is -2.11. The van der Waals surface area contributed by atoms with Gasteiger partial charge in [-0.05, 0) is 70.4 Å². The Morgan fingerprint density at radius 2 is 0.912 bits per heavy atom. The molecule has 0 spiro atoms. The summed E-state index contributed by atoms with van der Waals surface area (Å²) in [5.74, 6) is 2.28. The summed E-state index contributed by atoms with van der Waals surface area (Å²) in [6.45, 7) is 0. The van der Waals surface area contributed by atoms with Crippen molar-refractivity contribution in [3.05, 3.63) is 170 Å². The number of oxazole rings is 1. The number of hydrogen-bond acceptors (Lipinski definition) is 7. The van der Waals surface area contributed by atoms with Gasteiger partial charge in [0, 0.05) is 38.4 Å². The van der Waals surface area contributed by atoms with Crippen LogP contribution >= 0.6 is 0 Å². The highest BCUT2D eigenvalue weighted by Crippen LogP contribution is 2.43. The van der Waals surface area contributed by atoms with Crippen LogP contribution in [0.1, 0.15) is 0 Å². The smallest absolute Gasteiger partial charge is 0.227 e. The number of furan rings is 2. The lowest BCUT2D eigenvalue weighted by Crippen LogP contribution is -2.00. The lowest BCUT2D eigenvalue weighted by atomic mass is 9.98. The van der Waals surface area contributed by atoms with Crippen LogP contribution in [0, 0.1) is 0 Å². The summed E-state index contributed by atoms with van der Waals surface area (Å²) in [6.07, 6.45) is 0. The molecular weight excluding hydrogens is 705 g/mol. The molecule has 0 unspecified atom stereocenters. The normalized spacial score (nSPS) is 11.9. The molecule has 7 nitrogen and oxygen atoms in total. The summed E-state index contributed by atoms with van der Waals surface area (Å²) in [5, 5.41) is 6.06. The fraction of sp³-hybridized carbons (Fsp3) is 0. The molecule has 0 saturated heterocycles. The average Bonchev–Trinajstić information content (AvgIpc) is 4.00. The summed E-state index contributed by atoms with van der Waals surface area (Å²) in [4.78, 5) is 20.1. The van der Waals surface area contributed by atoms with E-state index >= 15 is 0 Å². The zero-order valence-electron chi connectivity index (χ0n) is 30.2. The topological polar surface area (TPSA) is 91.0 Å². The van der Waals surface area contributed by atoms with Gasteiger partial charge in [0.15, 0.2) is 23.1 Å². The van der Waals surface area contributed by atoms with Crippen LogP contribution < -0.4 is 0 Å². The molecule has 0 saturated carbocycles. The van der Waals surface area contributed by atoms with Gasteiger partial charge in [-0.25, -0.2) is 19.9 Å². The van der Waals surface area contributed by atoms with Crippen LogP contribution in [0.15, 0.2) is 183 Å². The standard InChI is InChI=1S/C50H28N4O3/c1-3-11-30(12-4-1)47-52-48(31-21-19-29(20-22-31)33-23-24-36-35-16-9-10-18-40(35)55-42(36)27-33)54-49(53-47)38-28-43-44(37-17-8-7-15-34(37)38)45-41(56-43)26-25-39-46(45)57-50(51-39)32-13-5-2-6-14-32/h1-28H. The molecule has 0 fully saturated rings. The van der Waals surface area contributed by atoms with Gasteiger partial charge < -0.3 is 13.3 Å². The quantitative estimate of drug-likeness (QED) is 0.174. The van der Waals surface area contributed by atoms with Gasteiger partial charge in [-0.3, -0.25) is 0 Å². The Morgan fingerprint density at radius 3 is 1.70 bits per heavy atom. The monoisotopic (exact) mass is 732 g/mol. The fourth-order valence-electron chi connectivity index (χ4n) is 8.05. The van der Waals surface area contributed by atoms with Crippen molar-refractivity contribution < 1.29 is 13.3 Å². The van der Waals surface area contributed by atoms with E-state index in [2.05, 4.69) is 60.7 Å². The van der Waals surface area contributed by atoms with Crippen LogP contribution in [0.4, 0.5) is 0 Å². The van der Waals surface area contributed by atoms with Gasteiger partial charge in [0.1, 0.15) is 27.8 Å². The molecular formula is C50H28N4O3. The number of rotatable bonds is 5. The number of benzene rings is 8. The second kappa shape index (κ2) is 12.3. The zero-order valence-corrected chi connectivity index (χ0v) is 30.2. The van der Waals surface area contributed by atoms with Crippen molar-refractivity contribution in [3.63, 3.8) is 0 Å². The molecule has 0 amide bonds. The highest BCUT2D eigenvalue weighted by molar-refractivity contribution is 6.27. The van der Waals surface area contributed by atoms with E-state index in [0.29, 0.717) is 34.5 Å². The maximum atomic E-state index is 6.61. The predicted octanol–water partition coefficient (Wildman–Crippen LogP) is 13.3. The minimum absolute atomic E-state index is 0.549. The van der Waals surface area contributed by atoms with Gasteiger partial charge >= 0.3 is 0 Å². The van der Waals surface area contributed by atoms with Crippen LogP contribution in [-0.2, 0) is 0 Å². The molecule has 8 aromatic carbocycles. The highest BCUT2D eigenvalue weighted by Gasteiger charge is 2.22. The maximum Gasteiger partial charge on any atom is 0.227 e. The van der Waals surface area contributed by atoms with E-state index < -0.39 is 0 Å². The molecule has 0 aliphatic rings. The Labute approximate surface area is 324 Å². The van der Waals surface area contributed by atoms with Gasteiger partial charge in [0.2, 0.25) is 5.89 Å². The number of hydrogen-bond donors (Lipinski definition) is 0. The van der Waals surface area contributed by atoms with Crippen molar-refractivity contribution >= 4 is 65.7 Å². The van der Waals surface area contributed by atoms with Crippen LogP contribution in [0.25, 0.3) is 122 Å². The molecule has 266 valence electrons. The van der Waals surface area contributed by atoms with Crippen LogP contribution in [0.3, 0.4) is 0 Å². The van der Waals surface area contributed by atoms with Crippen LogP contribution in [-0.4, -0.2) is 19.9 Å². The SMILES string of the molecule is c1ccc(-c2nc(-c3ccc(-c4ccc5c(c4)oc4ccccc45)cc3)nc(-c3cc4oc5ccc6nc(-c7ccccc7)oc6c5c4c4ccccc34)n2)cc1. The van der Waals surface area contributed by atoms with Crippen molar-refractivity contribution in [2.24, 2.45) is 0 Å². The van der Waals surface area contributed by atoms with E-state index in [4.69, 9.17) is 33.2 Å². The zero-order chi connectivity index (χ0) is 37.5. The Hall–Kier alpha value is -7.90. The Kier molecular flexibility index (Phi) is 6.79. The molecule has 4 aromatic heterocycles. The Bertz CT molecular complexity index is 3510. The van der Waals surface area contributed by atoms with Crippen LogP contribution in [0.5, 0.6) is 0 Å². The molecule has 0 atom stereocenters. The maximum absolute atomic E-state index is 6.61. The third-order valence-corrected chi connectivity index (χ3v) is 10.8. The molecule has 0 radical (unpaired) electrons. The van der Waals surface area contributed by atoms with E-state index in [1.54, 1.807) is 0 Å². The second-order valence-electron chi connectivity index (χ2n) is 14.2. The van der Waals surface area contributed by atoms with Gasteiger partial charge in [-0.1, -0.05) is 121 Å². The Balaban J connectivity index is 1.01. The van der Waals surface area contributed by atoms with Gasteiger partial charge in [0.25, 0.3) is 0 Å². The number of aromatic nitrogens is 4. The van der Waals surface area contributed by atoms with E-state index in [1.807, 2.05) is 109 Å². The Morgan fingerprint density at radius 1 is 0.316 bits per heavy atom. The largest absolute Gasteiger partial charge is 0.456 e. The van der Waals surface area contributed by atoms with Gasteiger partial charge in [0.05, 0.1) is 5.39 Å². The van der Waals surface area contributed by atoms with Gasteiger partial charge in [-0.2, -0.15) is 0 Å². The summed E-state index contributed by atoms with van der Waals surface area (Å²) in [5.41, 5.74) is 10.3. The molecule has 7 heteroatoms. The van der Waals surface area contributed by atoms with Crippen molar-refractivity contribution in [2.45, 2.75) is 0 Å². The molecule has 12 rings (SSSR count). The third kappa shape index (κ3) is 5.06. The number of fused-ring (bicyclic) bond motifs is 10. The van der Waals surface area contributed by atoms with Crippen LogP contribution in [0.2, 0.25) is 0 Å². The summed E-state index contributed by atoms with van der Waals surface area (Å²) in [7, 11) is 0. The summed E-state index contributed by atoms with van der Waals surface area (Å²) >= 11 is 0. The number of para-hydroxylation sites is 1. The van der Waals surface area contributed by atoms with E-state index in [0.717, 1.165) is 88.0 Å². The predicted molar refractivity (Wildman–Crippen MR) is 227 cm³/mol. The number of nitrogens with zero attached hydrogens (tertiary/aromatic N) is 4. The van der Waals surface area contributed by atoms with E-state index in [1.165, 1.54) is 0 Å². The average molecular weight is 733 g/mol. The van der Waals surface area contributed by atoms with Crippen molar-refractivity contribution in [3.8, 4) is 56.7 Å². The summed E-state index contributed by atoms with van der Waals surface area (Å²) < 4.78 is 19.3. The van der Waals surface area contributed by atoms with Crippen molar-refractivity contribution in [1.29, 1.82) is 0 Å². The molecule has 0 aliphatic carbocycles. The molecule has 0 aliphatic heterocycles. The molecule has 0 N–H and O–H groups in total. The third-order valence-electron chi connectivity index (χ3n) is 10.8. The lowest BCUT2D eigenvalue weighted by molar-refractivity contribution is 0.622. The summed E-state index contributed by atoms with van der Waals surface area (Å²) in [6, 6.07) is 57.1. The first-order chi connectivity index (χ1) is 28.2. The van der Waals surface area contributed by atoms with E-state index in [-0.39, 0.29) is 0 Å². The minimum Gasteiger partial charge on any atom is -0.456 e.